The van der Waals surface area contributed by atoms with Crippen LogP contribution in [0.3, 0.4) is 0 Å². The van der Waals surface area contributed by atoms with Crippen LogP contribution in [0, 0.1) is 23.2 Å². The molecule has 0 amide bonds. The van der Waals surface area contributed by atoms with Crippen LogP contribution in [-0.2, 0) is 0 Å². The van der Waals surface area contributed by atoms with Crippen molar-refractivity contribution < 1.29 is 0 Å². The molecule has 2 aliphatic heterocycles. The minimum Gasteiger partial charge on any atom is -0.290 e. The fraction of sp³-hybridized carbons (Fsp3) is 0.900. The van der Waals surface area contributed by atoms with Crippen LogP contribution in [0.2, 0.25) is 0 Å². The van der Waals surface area contributed by atoms with Crippen LogP contribution in [-0.4, -0.2) is 24.5 Å². The van der Waals surface area contributed by atoms with Crippen molar-refractivity contribution in [3.8, 4) is 6.07 Å². The van der Waals surface area contributed by atoms with Crippen molar-refractivity contribution in [2.75, 3.05) is 19.6 Å². The molecule has 66 valence electrons. The average Bonchev–Trinajstić information content (AvgIpc) is 2.36. The highest BCUT2D eigenvalue weighted by Gasteiger charge is 2.28. The van der Waals surface area contributed by atoms with Gasteiger partial charge in [0, 0.05) is 13.1 Å². The molecule has 0 aromatic carbocycles. The van der Waals surface area contributed by atoms with Crippen molar-refractivity contribution in [2.24, 2.45) is 11.8 Å². The van der Waals surface area contributed by atoms with E-state index in [-0.39, 0.29) is 0 Å². The minimum atomic E-state index is 0.646. The van der Waals surface area contributed by atoms with Crippen molar-refractivity contribution in [1.29, 1.82) is 5.26 Å². The van der Waals surface area contributed by atoms with Gasteiger partial charge in [-0.3, -0.25) is 4.90 Å². The maximum Gasteiger partial charge on any atom is 0.0866 e. The number of nitrogens with zero attached hydrogens (tertiary/aromatic N) is 2. The molecule has 0 spiro atoms. The van der Waals surface area contributed by atoms with E-state index in [4.69, 9.17) is 5.26 Å². The Morgan fingerprint density at radius 1 is 1.08 bits per heavy atom. The van der Waals surface area contributed by atoms with Gasteiger partial charge >= 0.3 is 0 Å². The molecule has 2 bridgehead atoms. The highest BCUT2D eigenvalue weighted by atomic mass is 15.1. The SMILES string of the molecule is N#CCN1CC2CCC(CC2)C1. The van der Waals surface area contributed by atoms with Gasteiger partial charge in [-0.15, -0.1) is 0 Å². The average molecular weight is 164 g/mol. The highest BCUT2D eigenvalue weighted by molar-refractivity contribution is 4.86. The molecule has 1 aliphatic carbocycles. The maximum absolute atomic E-state index is 8.61. The monoisotopic (exact) mass is 164 g/mol. The fourth-order valence-electron chi connectivity index (χ4n) is 2.63. The second kappa shape index (κ2) is 3.45. The largest absolute Gasteiger partial charge is 0.290 e. The topological polar surface area (TPSA) is 27.0 Å². The van der Waals surface area contributed by atoms with E-state index in [2.05, 4.69) is 11.0 Å². The first-order valence-electron chi connectivity index (χ1n) is 4.98. The van der Waals surface area contributed by atoms with Gasteiger partial charge in [-0.1, -0.05) is 0 Å². The summed E-state index contributed by atoms with van der Waals surface area (Å²) in [6.07, 6.45) is 5.64. The third kappa shape index (κ3) is 1.61. The second-order valence-electron chi connectivity index (χ2n) is 4.24. The zero-order valence-electron chi connectivity index (χ0n) is 7.50. The van der Waals surface area contributed by atoms with E-state index in [1.165, 1.54) is 38.8 Å². The van der Waals surface area contributed by atoms with Crippen molar-refractivity contribution in [2.45, 2.75) is 25.7 Å². The third-order valence-electron chi connectivity index (χ3n) is 3.29. The Kier molecular flexibility index (Phi) is 2.32. The van der Waals surface area contributed by atoms with E-state index < -0.39 is 0 Å². The summed E-state index contributed by atoms with van der Waals surface area (Å²) in [6.45, 7) is 3.01. The first kappa shape index (κ1) is 8.07. The highest BCUT2D eigenvalue weighted by Crippen LogP contribution is 2.33. The molecular formula is C10H16N2. The van der Waals surface area contributed by atoms with Crippen LogP contribution in [0.25, 0.3) is 0 Å². The van der Waals surface area contributed by atoms with Crippen LogP contribution < -0.4 is 0 Å². The van der Waals surface area contributed by atoms with Crippen molar-refractivity contribution in [1.82, 2.24) is 4.90 Å². The first-order chi connectivity index (χ1) is 5.88. The summed E-state index contributed by atoms with van der Waals surface area (Å²) >= 11 is 0. The summed E-state index contributed by atoms with van der Waals surface area (Å²) in [7, 11) is 0. The molecule has 3 fully saturated rings. The fourth-order valence-corrected chi connectivity index (χ4v) is 2.63. The molecule has 0 atom stereocenters. The standard InChI is InChI=1S/C10H16N2/c11-5-6-12-7-9-1-2-10(8-12)4-3-9/h9-10H,1-4,6-8H2. The summed E-state index contributed by atoms with van der Waals surface area (Å²) in [5.41, 5.74) is 0. The molecule has 1 saturated carbocycles. The first-order valence-corrected chi connectivity index (χ1v) is 4.98. The summed E-state index contributed by atoms with van der Waals surface area (Å²) in [5, 5.41) is 8.61. The van der Waals surface area contributed by atoms with Gasteiger partial charge in [-0.05, 0) is 37.5 Å². The van der Waals surface area contributed by atoms with Crippen molar-refractivity contribution in [3.05, 3.63) is 0 Å². The van der Waals surface area contributed by atoms with Gasteiger partial charge in [-0.25, -0.2) is 0 Å². The van der Waals surface area contributed by atoms with Gasteiger partial charge in [0.05, 0.1) is 12.6 Å². The van der Waals surface area contributed by atoms with Crippen LogP contribution in [0.5, 0.6) is 0 Å². The number of fused-ring (bicyclic) bond motifs is 4. The Hall–Kier alpha value is -0.550. The Labute approximate surface area is 74.2 Å². The molecular weight excluding hydrogens is 148 g/mol. The molecule has 0 radical (unpaired) electrons. The number of nitriles is 1. The maximum atomic E-state index is 8.61. The normalized spacial score (nSPS) is 35.9. The zero-order valence-corrected chi connectivity index (χ0v) is 7.50. The molecule has 0 N–H and O–H groups in total. The molecule has 12 heavy (non-hydrogen) atoms. The van der Waals surface area contributed by atoms with Gasteiger partial charge in [0.15, 0.2) is 0 Å². The quantitative estimate of drug-likeness (QED) is 0.551. The lowest BCUT2D eigenvalue weighted by Crippen LogP contribution is -2.28. The van der Waals surface area contributed by atoms with E-state index in [9.17, 15) is 0 Å². The predicted octanol–water partition coefficient (Wildman–Crippen LogP) is 1.63. The van der Waals surface area contributed by atoms with Crippen molar-refractivity contribution in [3.63, 3.8) is 0 Å². The molecule has 2 heterocycles. The van der Waals surface area contributed by atoms with E-state index in [0.717, 1.165) is 11.8 Å². The van der Waals surface area contributed by atoms with Crippen molar-refractivity contribution >= 4 is 0 Å². The molecule has 2 heteroatoms. The summed E-state index contributed by atoms with van der Waals surface area (Å²) in [6, 6.07) is 2.26. The Bertz CT molecular complexity index is 173. The Morgan fingerprint density at radius 3 is 2.00 bits per heavy atom. The third-order valence-corrected chi connectivity index (χ3v) is 3.29. The number of rotatable bonds is 1. The Morgan fingerprint density at radius 2 is 1.58 bits per heavy atom. The lowest BCUT2D eigenvalue weighted by molar-refractivity contribution is 0.282. The second-order valence-corrected chi connectivity index (χ2v) is 4.24. The van der Waals surface area contributed by atoms with Gasteiger partial charge in [0.25, 0.3) is 0 Å². The number of hydrogen-bond donors (Lipinski definition) is 0. The van der Waals surface area contributed by atoms with Gasteiger partial charge < -0.3 is 0 Å². The molecule has 3 rings (SSSR count). The van der Waals surface area contributed by atoms with Crippen LogP contribution in [0.4, 0.5) is 0 Å². The van der Waals surface area contributed by atoms with E-state index >= 15 is 0 Å². The van der Waals surface area contributed by atoms with Gasteiger partial charge in [0.2, 0.25) is 0 Å². The summed E-state index contributed by atoms with van der Waals surface area (Å²) < 4.78 is 0. The number of hydrogen-bond acceptors (Lipinski definition) is 2. The lowest BCUT2D eigenvalue weighted by Gasteiger charge is -2.21. The zero-order chi connectivity index (χ0) is 8.39. The molecule has 0 aromatic heterocycles. The van der Waals surface area contributed by atoms with Crippen LogP contribution in [0.15, 0.2) is 0 Å². The van der Waals surface area contributed by atoms with E-state index in [1.807, 2.05) is 0 Å². The van der Waals surface area contributed by atoms with E-state index in [1.54, 1.807) is 0 Å². The predicted molar refractivity (Wildman–Crippen MR) is 47.5 cm³/mol. The minimum absolute atomic E-state index is 0.646. The van der Waals surface area contributed by atoms with Crippen LogP contribution in [0.1, 0.15) is 25.7 Å². The molecule has 0 unspecified atom stereocenters. The Balaban J connectivity index is 1.98. The summed E-state index contributed by atoms with van der Waals surface area (Å²) in [5.74, 6) is 1.80. The summed E-state index contributed by atoms with van der Waals surface area (Å²) in [4.78, 5) is 2.34. The van der Waals surface area contributed by atoms with Gasteiger partial charge in [0.1, 0.15) is 0 Å². The molecule has 2 nitrogen and oxygen atoms in total. The smallest absolute Gasteiger partial charge is 0.0866 e. The van der Waals surface area contributed by atoms with E-state index in [0.29, 0.717) is 6.54 Å². The molecule has 3 aliphatic rings. The molecule has 0 aromatic rings. The molecule has 2 saturated heterocycles. The van der Waals surface area contributed by atoms with Crippen LogP contribution >= 0.6 is 0 Å². The lowest BCUT2D eigenvalue weighted by atomic mass is 9.84. The van der Waals surface area contributed by atoms with Gasteiger partial charge in [-0.2, -0.15) is 5.26 Å².